The summed E-state index contributed by atoms with van der Waals surface area (Å²) >= 11 is 0. The van der Waals surface area contributed by atoms with Crippen molar-refractivity contribution in [2.75, 3.05) is 26.4 Å². The minimum atomic E-state index is -0.0479. The highest BCUT2D eigenvalue weighted by atomic mass is 16.6. The van der Waals surface area contributed by atoms with Gasteiger partial charge in [0, 0.05) is 5.56 Å². The number of hydrogen-bond acceptors (Lipinski definition) is 5. The van der Waals surface area contributed by atoms with Crippen LogP contribution in [0.2, 0.25) is 0 Å². The number of carbonyl (C=O) groups excluding carboxylic acids is 1. The molecule has 5 nitrogen and oxygen atoms in total. The minimum absolute atomic E-state index is 0.0479. The second kappa shape index (κ2) is 7.72. The third-order valence-electron chi connectivity index (χ3n) is 4.12. The molecule has 2 aliphatic heterocycles. The fraction of sp³-hybridized carbons (Fsp3) is 0.286. The highest BCUT2D eigenvalue weighted by Crippen LogP contribution is 2.18. The van der Waals surface area contributed by atoms with Gasteiger partial charge in [0.2, 0.25) is 0 Å². The first kappa shape index (κ1) is 16.8. The number of ketones is 1. The van der Waals surface area contributed by atoms with Gasteiger partial charge in [-0.25, -0.2) is 0 Å². The Morgan fingerprint density at radius 3 is 1.88 bits per heavy atom. The number of benzene rings is 2. The lowest BCUT2D eigenvalue weighted by atomic mass is 10.1. The van der Waals surface area contributed by atoms with Gasteiger partial charge in [-0.2, -0.15) is 0 Å². The molecule has 2 atom stereocenters. The zero-order valence-corrected chi connectivity index (χ0v) is 14.3. The standard InChI is InChI=1S/C21H20O5/c22-21(16-4-8-18(9-5-16)24-12-20-14-26-20)10-3-15-1-6-17(7-2-15)23-11-19-13-25-19/h1-10,19-20H,11-14H2/b10-3+. The van der Waals surface area contributed by atoms with Crippen molar-refractivity contribution in [3.63, 3.8) is 0 Å². The van der Waals surface area contributed by atoms with Crippen molar-refractivity contribution in [2.24, 2.45) is 0 Å². The highest BCUT2D eigenvalue weighted by molar-refractivity contribution is 6.06. The van der Waals surface area contributed by atoms with Crippen molar-refractivity contribution in [3.8, 4) is 11.5 Å². The van der Waals surface area contributed by atoms with Gasteiger partial charge >= 0.3 is 0 Å². The third-order valence-corrected chi connectivity index (χ3v) is 4.12. The molecule has 0 spiro atoms. The normalized spacial score (nSPS) is 20.8. The fourth-order valence-electron chi connectivity index (χ4n) is 2.37. The van der Waals surface area contributed by atoms with E-state index in [1.807, 2.05) is 24.3 Å². The molecular weight excluding hydrogens is 332 g/mol. The molecule has 2 heterocycles. The molecule has 26 heavy (non-hydrogen) atoms. The third kappa shape index (κ3) is 4.94. The second-order valence-corrected chi connectivity index (χ2v) is 6.32. The molecule has 0 N–H and O–H groups in total. The molecule has 0 radical (unpaired) electrons. The van der Waals surface area contributed by atoms with E-state index in [4.69, 9.17) is 18.9 Å². The summed E-state index contributed by atoms with van der Waals surface area (Å²) in [4.78, 5) is 12.3. The van der Waals surface area contributed by atoms with Crippen molar-refractivity contribution >= 4 is 11.9 Å². The van der Waals surface area contributed by atoms with Crippen LogP contribution in [0.25, 0.3) is 6.08 Å². The molecule has 2 unspecified atom stereocenters. The lowest BCUT2D eigenvalue weighted by molar-refractivity contribution is 0.104. The van der Waals surface area contributed by atoms with E-state index in [0.717, 1.165) is 30.3 Å². The molecule has 2 aliphatic rings. The van der Waals surface area contributed by atoms with Crippen molar-refractivity contribution < 1.29 is 23.7 Å². The molecule has 134 valence electrons. The predicted molar refractivity (Wildman–Crippen MR) is 96.7 cm³/mol. The summed E-state index contributed by atoms with van der Waals surface area (Å²) < 4.78 is 21.4. The summed E-state index contributed by atoms with van der Waals surface area (Å²) in [7, 11) is 0. The lowest BCUT2D eigenvalue weighted by Crippen LogP contribution is -2.04. The summed E-state index contributed by atoms with van der Waals surface area (Å²) in [6.45, 7) is 2.69. The first-order valence-electron chi connectivity index (χ1n) is 8.67. The summed E-state index contributed by atoms with van der Waals surface area (Å²) in [6, 6.07) is 14.8. The van der Waals surface area contributed by atoms with Crippen molar-refractivity contribution in [1.82, 2.24) is 0 Å². The first-order chi connectivity index (χ1) is 12.8. The Hall–Kier alpha value is -2.63. The highest BCUT2D eigenvalue weighted by Gasteiger charge is 2.23. The van der Waals surface area contributed by atoms with Gasteiger partial charge in [0.15, 0.2) is 5.78 Å². The van der Waals surface area contributed by atoms with Crippen LogP contribution in [0, 0.1) is 0 Å². The van der Waals surface area contributed by atoms with Gasteiger partial charge in [-0.05, 0) is 48.0 Å². The molecule has 0 aliphatic carbocycles. The van der Waals surface area contributed by atoms with E-state index >= 15 is 0 Å². The molecule has 5 heteroatoms. The van der Waals surface area contributed by atoms with Crippen LogP contribution in [0.15, 0.2) is 54.6 Å². The Morgan fingerprint density at radius 2 is 1.38 bits per heavy atom. The van der Waals surface area contributed by atoms with E-state index < -0.39 is 0 Å². The van der Waals surface area contributed by atoms with Gasteiger partial charge in [-0.1, -0.05) is 18.2 Å². The van der Waals surface area contributed by atoms with Crippen LogP contribution < -0.4 is 9.47 Å². The molecule has 0 saturated carbocycles. The SMILES string of the molecule is O=C(/C=C/c1ccc(OCC2CO2)cc1)c1ccc(OCC2CO2)cc1. The monoisotopic (exact) mass is 352 g/mol. The minimum Gasteiger partial charge on any atom is -0.491 e. The van der Waals surface area contributed by atoms with Gasteiger partial charge in [0.1, 0.15) is 36.9 Å². The molecule has 2 aromatic rings. The fourth-order valence-corrected chi connectivity index (χ4v) is 2.37. The Morgan fingerprint density at radius 1 is 0.885 bits per heavy atom. The van der Waals surface area contributed by atoms with Crippen LogP contribution in [0.5, 0.6) is 11.5 Å². The van der Waals surface area contributed by atoms with Gasteiger partial charge < -0.3 is 18.9 Å². The zero-order valence-electron chi connectivity index (χ0n) is 14.3. The Kier molecular flexibility index (Phi) is 5.00. The summed E-state index contributed by atoms with van der Waals surface area (Å²) in [5.74, 6) is 1.50. The van der Waals surface area contributed by atoms with E-state index in [1.54, 1.807) is 36.4 Å². The van der Waals surface area contributed by atoms with Crippen LogP contribution in [0.3, 0.4) is 0 Å². The predicted octanol–water partition coefficient (Wildman–Crippen LogP) is 3.14. The van der Waals surface area contributed by atoms with E-state index in [9.17, 15) is 4.79 Å². The van der Waals surface area contributed by atoms with Crippen molar-refractivity contribution in [3.05, 3.63) is 65.7 Å². The van der Waals surface area contributed by atoms with Gasteiger partial charge in [0.05, 0.1) is 13.2 Å². The Bertz CT molecular complexity index is 771. The number of rotatable bonds is 9. The number of allylic oxidation sites excluding steroid dienone is 1. The number of ether oxygens (including phenoxy) is 4. The first-order valence-corrected chi connectivity index (χ1v) is 8.67. The summed E-state index contributed by atoms with van der Waals surface area (Å²) in [5.41, 5.74) is 1.57. The molecular formula is C21H20O5. The maximum atomic E-state index is 12.3. The maximum absolute atomic E-state index is 12.3. The van der Waals surface area contributed by atoms with Crippen LogP contribution >= 0.6 is 0 Å². The second-order valence-electron chi connectivity index (χ2n) is 6.32. The largest absolute Gasteiger partial charge is 0.491 e. The molecule has 2 fully saturated rings. The number of hydrogen-bond donors (Lipinski definition) is 0. The molecule has 0 amide bonds. The zero-order chi connectivity index (χ0) is 17.8. The van der Waals surface area contributed by atoms with Crippen LogP contribution in [-0.4, -0.2) is 44.4 Å². The van der Waals surface area contributed by atoms with Gasteiger partial charge in [0.25, 0.3) is 0 Å². The summed E-state index contributed by atoms with van der Waals surface area (Å²) in [6.07, 6.45) is 3.83. The van der Waals surface area contributed by atoms with Crippen LogP contribution in [-0.2, 0) is 9.47 Å². The van der Waals surface area contributed by atoms with E-state index in [2.05, 4.69) is 0 Å². The smallest absolute Gasteiger partial charge is 0.185 e. The lowest BCUT2D eigenvalue weighted by Gasteiger charge is -2.04. The van der Waals surface area contributed by atoms with Crippen molar-refractivity contribution in [2.45, 2.75) is 12.2 Å². The topological polar surface area (TPSA) is 60.6 Å². The maximum Gasteiger partial charge on any atom is 0.185 e. The molecule has 4 rings (SSSR count). The number of epoxide rings is 2. The number of carbonyl (C=O) groups is 1. The van der Waals surface area contributed by atoms with E-state index in [-0.39, 0.29) is 18.0 Å². The van der Waals surface area contributed by atoms with Gasteiger partial charge in [-0.15, -0.1) is 0 Å². The van der Waals surface area contributed by atoms with Gasteiger partial charge in [-0.3, -0.25) is 4.79 Å². The molecule has 0 aromatic heterocycles. The quantitative estimate of drug-likeness (QED) is 0.394. The summed E-state index contributed by atoms with van der Waals surface area (Å²) in [5, 5.41) is 0. The van der Waals surface area contributed by atoms with E-state index in [1.165, 1.54) is 0 Å². The van der Waals surface area contributed by atoms with E-state index in [0.29, 0.717) is 18.8 Å². The van der Waals surface area contributed by atoms with Crippen molar-refractivity contribution in [1.29, 1.82) is 0 Å². The van der Waals surface area contributed by atoms with Crippen LogP contribution in [0.1, 0.15) is 15.9 Å². The van der Waals surface area contributed by atoms with Crippen LogP contribution in [0.4, 0.5) is 0 Å². The Labute approximate surface area is 152 Å². The Balaban J connectivity index is 1.29. The molecule has 2 saturated heterocycles. The molecule has 2 aromatic carbocycles. The average molecular weight is 352 g/mol. The molecule has 0 bridgehead atoms. The average Bonchev–Trinajstić information content (AvgIpc) is 3.58.